The number of hydrogen-bond acceptors (Lipinski definition) is 3. The van der Waals surface area contributed by atoms with Gasteiger partial charge < -0.3 is 14.8 Å². The van der Waals surface area contributed by atoms with E-state index in [2.05, 4.69) is 5.32 Å². The molecular formula is C16H14Cl2FNO3. The Morgan fingerprint density at radius 1 is 1.13 bits per heavy atom. The molecule has 0 aliphatic heterocycles. The number of amides is 1. The monoisotopic (exact) mass is 357 g/mol. The second-order valence-electron chi connectivity index (χ2n) is 4.57. The van der Waals surface area contributed by atoms with Gasteiger partial charge in [-0.2, -0.15) is 0 Å². The number of rotatable bonds is 6. The van der Waals surface area contributed by atoms with Gasteiger partial charge in [0.25, 0.3) is 0 Å². The van der Waals surface area contributed by atoms with Gasteiger partial charge >= 0.3 is 0 Å². The maximum absolute atomic E-state index is 12.9. The molecule has 0 aliphatic carbocycles. The molecule has 23 heavy (non-hydrogen) atoms. The van der Waals surface area contributed by atoms with Crippen molar-refractivity contribution in [3.63, 3.8) is 0 Å². The van der Waals surface area contributed by atoms with Crippen LogP contribution in [-0.2, 0) is 4.79 Å². The lowest BCUT2D eigenvalue weighted by atomic mass is 10.3. The number of methoxy groups -OCH3 is 1. The highest BCUT2D eigenvalue weighted by molar-refractivity contribution is 6.32. The maximum atomic E-state index is 12.9. The van der Waals surface area contributed by atoms with Crippen LogP contribution in [-0.4, -0.2) is 19.6 Å². The van der Waals surface area contributed by atoms with Crippen molar-refractivity contribution in [1.29, 1.82) is 0 Å². The maximum Gasteiger partial charge on any atom is 0.227 e. The van der Waals surface area contributed by atoms with Gasteiger partial charge in [-0.3, -0.25) is 4.79 Å². The molecule has 2 aromatic carbocycles. The van der Waals surface area contributed by atoms with Crippen LogP contribution in [0.4, 0.5) is 10.1 Å². The molecule has 1 amide bonds. The lowest BCUT2D eigenvalue weighted by Crippen LogP contribution is -2.15. The van der Waals surface area contributed by atoms with E-state index in [-0.39, 0.29) is 24.0 Å². The number of anilines is 1. The largest absolute Gasteiger partial charge is 0.495 e. The number of ether oxygens (including phenoxy) is 2. The second-order valence-corrected chi connectivity index (χ2v) is 5.39. The SMILES string of the molecule is COc1ccc(NC(=O)CCOc2ccc(F)cc2Cl)cc1Cl. The predicted molar refractivity (Wildman–Crippen MR) is 88.2 cm³/mol. The van der Waals surface area contributed by atoms with E-state index in [0.717, 1.165) is 6.07 Å². The molecule has 1 N–H and O–H groups in total. The van der Waals surface area contributed by atoms with Crippen LogP contribution >= 0.6 is 23.2 Å². The van der Waals surface area contributed by atoms with E-state index in [1.54, 1.807) is 18.2 Å². The first-order chi connectivity index (χ1) is 11.0. The number of carbonyl (C=O) groups is 1. The highest BCUT2D eigenvalue weighted by Crippen LogP contribution is 2.27. The van der Waals surface area contributed by atoms with Crippen LogP contribution in [0.3, 0.4) is 0 Å². The minimum atomic E-state index is -0.448. The third-order valence-corrected chi connectivity index (χ3v) is 3.51. The molecule has 0 heterocycles. The average molecular weight is 358 g/mol. The molecule has 0 bridgehead atoms. The van der Waals surface area contributed by atoms with Gasteiger partial charge in [0, 0.05) is 5.69 Å². The zero-order valence-electron chi connectivity index (χ0n) is 12.2. The van der Waals surface area contributed by atoms with Crippen LogP contribution in [0.15, 0.2) is 36.4 Å². The predicted octanol–water partition coefficient (Wildman–Crippen LogP) is 4.55. The molecule has 7 heteroatoms. The summed E-state index contributed by atoms with van der Waals surface area (Å²) in [5.41, 5.74) is 0.556. The zero-order valence-corrected chi connectivity index (χ0v) is 13.7. The Balaban J connectivity index is 1.84. The van der Waals surface area contributed by atoms with Crippen molar-refractivity contribution in [2.45, 2.75) is 6.42 Å². The Kier molecular flexibility index (Phi) is 6.07. The van der Waals surface area contributed by atoms with Crippen LogP contribution in [0.25, 0.3) is 0 Å². The molecule has 122 valence electrons. The molecule has 0 saturated carbocycles. The van der Waals surface area contributed by atoms with Gasteiger partial charge in [-0.15, -0.1) is 0 Å². The standard InChI is InChI=1S/C16H14Cl2FNO3/c1-22-14-5-3-11(9-13(14)18)20-16(21)6-7-23-15-4-2-10(19)8-12(15)17/h2-5,8-9H,6-7H2,1H3,(H,20,21). The molecular weight excluding hydrogens is 344 g/mol. The summed E-state index contributed by atoms with van der Waals surface area (Å²) in [7, 11) is 1.51. The summed E-state index contributed by atoms with van der Waals surface area (Å²) in [5, 5.41) is 3.25. The third-order valence-electron chi connectivity index (χ3n) is 2.92. The summed E-state index contributed by atoms with van der Waals surface area (Å²) < 4.78 is 23.3. The summed E-state index contributed by atoms with van der Waals surface area (Å²) >= 11 is 11.8. The van der Waals surface area contributed by atoms with Crippen molar-refractivity contribution in [1.82, 2.24) is 0 Å². The van der Waals surface area contributed by atoms with E-state index in [9.17, 15) is 9.18 Å². The van der Waals surface area contributed by atoms with Crippen molar-refractivity contribution in [2.75, 3.05) is 19.0 Å². The van der Waals surface area contributed by atoms with E-state index in [4.69, 9.17) is 32.7 Å². The first kappa shape index (κ1) is 17.4. The number of carbonyl (C=O) groups excluding carboxylic acids is 1. The number of hydrogen-bond donors (Lipinski definition) is 1. The lowest BCUT2D eigenvalue weighted by Gasteiger charge is -2.10. The molecule has 0 saturated heterocycles. The fourth-order valence-electron chi connectivity index (χ4n) is 1.81. The third kappa shape index (κ3) is 5.01. The first-order valence-corrected chi connectivity index (χ1v) is 7.46. The van der Waals surface area contributed by atoms with E-state index in [1.807, 2.05) is 0 Å². The van der Waals surface area contributed by atoms with Crippen LogP contribution in [0.1, 0.15) is 6.42 Å². The molecule has 0 radical (unpaired) electrons. The highest BCUT2D eigenvalue weighted by atomic mass is 35.5. The summed E-state index contributed by atoms with van der Waals surface area (Å²) in [6.45, 7) is 0.112. The minimum Gasteiger partial charge on any atom is -0.495 e. The normalized spacial score (nSPS) is 10.3. The van der Waals surface area contributed by atoms with Gasteiger partial charge in [0.15, 0.2) is 0 Å². The molecule has 0 aromatic heterocycles. The van der Waals surface area contributed by atoms with Gasteiger partial charge in [0.05, 0.1) is 30.2 Å². The van der Waals surface area contributed by atoms with E-state index < -0.39 is 5.82 Å². The quantitative estimate of drug-likeness (QED) is 0.824. The fourth-order valence-corrected chi connectivity index (χ4v) is 2.29. The van der Waals surface area contributed by atoms with Gasteiger partial charge in [-0.1, -0.05) is 23.2 Å². The molecule has 0 aliphatic rings. The van der Waals surface area contributed by atoms with E-state index in [0.29, 0.717) is 22.2 Å². The van der Waals surface area contributed by atoms with Crippen LogP contribution in [0, 0.1) is 5.82 Å². The minimum absolute atomic E-state index is 0.108. The fraction of sp³-hybridized carbons (Fsp3) is 0.188. The van der Waals surface area contributed by atoms with Crippen LogP contribution in [0.2, 0.25) is 10.0 Å². The molecule has 0 fully saturated rings. The van der Waals surface area contributed by atoms with Gasteiger partial charge in [0.2, 0.25) is 5.91 Å². The summed E-state index contributed by atoms with van der Waals surface area (Å²) in [4.78, 5) is 11.8. The Bertz CT molecular complexity index is 710. The molecule has 0 unspecified atom stereocenters. The average Bonchev–Trinajstić information content (AvgIpc) is 2.49. The molecule has 2 aromatic rings. The van der Waals surface area contributed by atoms with Crippen LogP contribution in [0.5, 0.6) is 11.5 Å². The number of halogens is 3. The number of benzene rings is 2. The van der Waals surface area contributed by atoms with Gasteiger partial charge in [0.1, 0.15) is 17.3 Å². The summed E-state index contributed by atoms with van der Waals surface area (Å²) in [6.07, 6.45) is 0.108. The smallest absolute Gasteiger partial charge is 0.227 e. The Hall–Kier alpha value is -1.98. The van der Waals surface area contributed by atoms with Crippen LogP contribution < -0.4 is 14.8 Å². The van der Waals surface area contributed by atoms with E-state index >= 15 is 0 Å². The zero-order chi connectivity index (χ0) is 16.8. The first-order valence-electron chi connectivity index (χ1n) is 6.71. The number of nitrogens with one attached hydrogen (secondary N) is 1. The molecule has 4 nitrogen and oxygen atoms in total. The highest BCUT2D eigenvalue weighted by Gasteiger charge is 2.08. The van der Waals surface area contributed by atoms with E-state index in [1.165, 1.54) is 19.2 Å². The molecule has 0 atom stereocenters. The summed E-state index contributed by atoms with van der Waals surface area (Å²) in [5.74, 6) is 0.160. The second kappa shape index (κ2) is 8.04. The van der Waals surface area contributed by atoms with Crippen molar-refractivity contribution in [3.05, 3.63) is 52.3 Å². The summed E-state index contributed by atoms with van der Waals surface area (Å²) in [6, 6.07) is 8.73. The van der Waals surface area contributed by atoms with Crippen molar-refractivity contribution >= 4 is 34.8 Å². The van der Waals surface area contributed by atoms with Gasteiger partial charge in [-0.05, 0) is 36.4 Å². The molecule has 0 spiro atoms. The van der Waals surface area contributed by atoms with Crippen molar-refractivity contribution < 1.29 is 18.7 Å². The lowest BCUT2D eigenvalue weighted by molar-refractivity contribution is -0.116. The van der Waals surface area contributed by atoms with Crippen molar-refractivity contribution in [3.8, 4) is 11.5 Å². The Morgan fingerprint density at radius 2 is 1.83 bits per heavy atom. The van der Waals surface area contributed by atoms with Gasteiger partial charge in [-0.25, -0.2) is 4.39 Å². The molecule has 2 rings (SSSR count). The Labute approximate surface area is 143 Å². The van der Waals surface area contributed by atoms with Crippen molar-refractivity contribution in [2.24, 2.45) is 0 Å². The topological polar surface area (TPSA) is 47.6 Å². The Morgan fingerprint density at radius 3 is 2.48 bits per heavy atom.